The van der Waals surface area contributed by atoms with Crippen LogP contribution in [0.2, 0.25) is 0 Å². The van der Waals surface area contributed by atoms with Gasteiger partial charge < -0.3 is 19.3 Å². The van der Waals surface area contributed by atoms with E-state index in [0.29, 0.717) is 23.3 Å². The van der Waals surface area contributed by atoms with Crippen molar-refractivity contribution in [3.8, 4) is 11.5 Å². The average Bonchev–Trinajstić information content (AvgIpc) is 3.51. The molecule has 0 bridgehead atoms. The number of nitrogens with zero attached hydrogens (tertiary/aromatic N) is 3. The van der Waals surface area contributed by atoms with Crippen molar-refractivity contribution in [2.75, 3.05) is 18.9 Å². The highest BCUT2D eigenvalue weighted by atomic mass is 32.2. The summed E-state index contributed by atoms with van der Waals surface area (Å²) in [4.78, 5) is -0.00427. The Balaban J connectivity index is 1.50. The van der Waals surface area contributed by atoms with Crippen LogP contribution in [0, 0.1) is 0 Å². The zero-order valence-electron chi connectivity index (χ0n) is 17.5. The van der Waals surface area contributed by atoms with Crippen LogP contribution in [0.3, 0.4) is 0 Å². The lowest BCUT2D eigenvalue weighted by Crippen LogP contribution is -2.14. The van der Waals surface area contributed by atoms with E-state index in [2.05, 4.69) is 20.3 Å². The maximum Gasteiger partial charge on any atom is 0.266 e. The van der Waals surface area contributed by atoms with Gasteiger partial charge >= 0.3 is 0 Å². The molecule has 10 nitrogen and oxygen atoms in total. The van der Waals surface area contributed by atoms with Crippen LogP contribution in [0.1, 0.15) is 16.8 Å². The zero-order valence-corrected chi connectivity index (χ0v) is 18.3. The van der Waals surface area contributed by atoms with Crippen LogP contribution >= 0.6 is 0 Å². The molecule has 0 saturated carbocycles. The highest BCUT2D eigenvalue weighted by Gasteiger charge is 2.24. The topological polar surface area (TPSA) is 121 Å². The van der Waals surface area contributed by atoms with E-state index in [1.807, 2.05) is 23.0 Å². The normalized spacial score (nSPS) is 13.3. The summed E-state index contributed by atoms with van der Waals surface area (Å²) in [6.07, 6.45) is 1.87. The Morgan fingerprint density at radius 3 is 2.78 bits per heavy atom. The molecule has 32 heavy (non-hydrogen) atoms. The van der Waals surface area contributed by atoms with Crippen molar-refractivity contribution in [3.63, 3.8) is 0 Å². The third-order valence-electron chi connectivity index (χ3n) is 5.38. The highest BCUT2D eigenvalue weighted by Crippen LogP contribution is 2.36. The van der Waals surface area contributed by atoms with Gasteiger partial charge in [-0.2, -0.15) is 5.10 Å². The molecule has 0 saturated heterocycles. The molecule has 0 spiro atoms. The summed E-state index contributed by atoms with van der Waals surface area (Å²) < 4.78 is 46.5. The Labute approximate surface area is 184 Å². The van der Waals surface area contributed by atoms with Gasteiger partial charge in [0.05, 0.1) is 32.7 Å². The van der Waals surface area contributed by atoms with Gasteiger partial charge in [-0.05, 0) is 29.8 Å². The summed E-state index contributed by atoms with van der Waals surface area (Å²) in [5.41, 5.74) is 3.62. The Hall–Kier alpha value is -3.57. The lowest BCUT2D eigenvalue weighted by Gasteiger charge is -2.11. The first-order valence-corrected chi connectivity index (χ1v) is 11.3. The molecule has 0 unspecified atom stereocenters. The van der Waals surface area contributed by atoms with E-state index in [4.69, 9.17) is 14.0 Å². The number of para-hydroxylation sites is 1. The third-order valence-corrected chi connectivity index (χ3v) is 6.76. The van der Waals surface area contributed by atoms with Gasteiger partial charge in [-0.1, -0.05) is 17.3 Å². The van der Waals surface area contributed by atoms with Crippen LogP contribution < -0.4 is 19.5 Å². The first-order valence-electron chi connectivity index (χ1n) is 9.86. The maximum absolute atomic E-state index is 13.0. The second-order valence-corrected chi connectivity index (χ2v) is 8.99. The molecule has 0 fully saturated rings. The van der Waals surface area contributed by atoms with Crippen molar-refractivity contribution >= 4 is 26.8 Å². The number of benzene rings is 2. The molecule has 4 aromatic rings. The van der Waals surface area contributed by atoms with E-state index in [-0.39, 0.29) is 16.5 Å². The molecule has 0 atom stereocenters. The standard InChI is InChI=1S/C21H21N5O5S/c1-29-16-5-3-4-6-19(16)32(27,28)25-21-20-17(30-2)7-13(8-18(20)31-24-21)12-26-15-11-22-9-14(15)10-23-26/h3-8,10,22H,9,11-12H2,1-2H3,(H,24,25). The van der Waals surface area contributed by atoms with Gasteiger partial charge in [-0.15, -0.1) is 0 Å². The predicted octanol–water partition coefficient (Wildman–Crippen LogP) is 2.49. The van der Waals surface area contributed by atoms with Gasteiger partial charge in [0.15, 0.2) is 11.4 Å². The third kappa shape index (κ3) is 3.45. The van der Waals surface area contributed by atoms with E-state index in [0.717, 1.165) is 24.3 Å². The van der Waals surface area contributed by atoms with E-state index in [1.165, 1.54) is 25.8 Å². The molecule has 11 heteroatoms. The number of hydrogen-bond donors (Lipinski definition) is 2. The van der Waals surface area contributed by atoms with Gasteiger partial charge in [0.1, 0.15) is 21.8 Å². The summed E-state index contributed by atoms with van der Waals surface area (Å²) in [5.74, 6) is 0.709. The number of hydrogen-bond acceptors (Lipinski definition) is 8. The van der Waals surface area contributed by atoms with Crippen LogP contribution in [-0.2, 0) is 29.7 Å². The number of anilines is 1. The van der Waals surface area contributed by atoms with E-state index in [1.54, 1.807) is 18.2 Å². The lowest BCUT2D eigenvalue weighted by molar-refractivity contribution is 0.403. The molecular weight excluding hydrogens is 434 g/mol. The van der Waals surface area contributed by atoms with Crippen LogP contribution in [0.4, 0.5) is 5.82 Å². The first kappa shape index (κ1) is 20.3. The van der Waals surface area contributed by atoms with Crippen molar-refractivity contribution < 1.29 is 22.4 Å². The monoisotopic (exact) mass is 455 g/mol. The fraction of sp³-hybridized carbons (Fsp3) is 0.238. The van der Waals surface area contributed by atoms with Gasteiger partial charge in [-0.3, -0.25) is 9.40 Å². The quantitative estimate of drug-likeness (QED) is 0.436. The summed E-state index contributed by atoms with van der Waals surface area (Å²) in [5, 5.41) is 12.1. The van der Waals surface area contributed by atoms with Crippen LogP contribution in [0.5, 0.6) is 11.5 Å². The van der Waals surface area contributed by atoms with Crippen molar-refractivity contribution in [3.05, 3.63) is 59.4 Å². The number of nitrogens with one attached hydrogen (secondary N) is 2. The molecule has 5 rings (SSSR count). The predicted molar refractivity (Wildman–Crippen MR) is 116 cm³/mol. The second-order valence-electron chi connectivity index (χ2n) is 7.34. The van der Waals surface area contributed by atoms with Crippen molar-refractivity contribution in [1.82, 2.24) is 20.3 Å². The molecule has 0 radical (unpaired) electrons. The molecule has 166 valence electrons. The molecule has 3 heterocycles. The van der Waals surface area contributed by atoms with Crippen LogP contribution in [0.15, 0.2) is 52.0 Å². The summed E-state index contributed by atoms with van der Waals surface area (Å²) in [6.45, 7) is 2.10. The molecule has 0 amide bonds. The van der Waals surface area contributed by atoms with Gasteiger partial charge in [-0.25, -0.2) is 8.42 Å². The Morgan fingerprint density at radius 1 is 1.16 bits per heavy atom. The van der Waals surface area contributed by atoms with Crippen LogP contribution in [0.25, 0.3) is 11.0 Å². The molecule has 1 aliphatic rings. The van der Waals surface area contributed by atoms with Crippen LogP contribution in [-0.4, -0.2) is 37.6 Å². The molecule has 0 aliphatic carbocycles. The van der Waals surface area contributed by atoms with E-state index >= 15 is 0 Å². The number of ether oxygens (including phenoxy) is 2. The SMILES string of the molecule is COc1ccccc1S(=O)(=O)Nc1noc2cc(Cn3ncc4c3CNC4)cc(OC)c12. The molecular formula is C21H21N5O5S. The Bertz CT molecular complexity index is 1410. The van der Waals surface area contributed by atoms with Gasteiger partial charge in [0, 0.05) is 18.7 Å². The van der Waals surface area contributed by atoms with E-state index in [9.17, 15) is 8.42 Å². The summed E-state index contributed by atoms with van der Waals surface area (Å²) >= 11 is 0. The van der Waals surface area contributed by atoms with Crippen molar-refractivity contribution in [2.24, 2.45) is 0 Å². The number of fused-ring (bicyclic) bond motifs is 2. The fourth-order valence-corrected chi connectivity index (χ4v) is 5.04. The molecule has 2 aromatic carbocycles. The van der Waals surface area contributed by atoms with Crippen molar-refractivity contribution in [2.45, 2.75) is 24.5 Å². The number of rotatable bonds is 7. The van der Waals surface area contributed by atoms with Crippen molar-refractivity contribution in [1.29, 1.82) is 0 Å². The highest BCUT2D eigenvalue weighted by molar-refractivity contribution is 7.92. The minimum Gasteiger partial charge on any atom is -0.496 e. The first-order chi connectivity index (χ1) is 15.5. The minimum absolute atomic E-state index is 0.00427. The van der Waals surface area contributed by atoms with Gasteiger partial charge in [0.2, 0.25) is 0 Å². The molecule has 1 aliphatic heterocycles. The Morgan fingerprint density at radius 2 is 1.97 bits per heavy atom. The molecule has 2 N–H and O–H groups in total. The maximum atomic E-state index is 13.0. The Kier molecular flexibility index (Phi) is 4.98. The second kappa shape index (κ2) is 7.84. The number of sulfonamides is 1. The zero-order chi connectivity index (χ0) is 22.3. The number of methoxy groups -OCH3 is 2. The fourth-order valence-electron chi connectivity index (χ4n) is 3.86. The molecule has 2 aromatic heterocycles. The number of aromatic nitrogens is 3. The average molecular weight is 455 g/mol. The minimum atomic E-state index is -3.97. The summed E-state index contributed by atoms with van der Waals surface area (Å²) in [7, 11) is -1.05. The lowest BCUT2D eigenvalue weighted by atomic mass is 10.1. The summed E-state index contributed by atoms with van der Waals surface area (Å²) in [6, 6.07) is 9.98. The van der Waals surface area contributed by atoms with E-state index < -0.39 is 10.0 Å². The van der Waals surface area contributed by atoms with Gasteiger partial charge in [0.25, 0.3) is 10.0 Å². The largest absolute Gasteiger partial charge is 0.496 e. The smallest absolute Gasteiger partial charge is 0.266 e.